The topological polar surface area (TPSA) is 70.8 Å². The Kier molecular flexibility index (Phi) is 5.36. The first-order valence-corrected chi connectivity index (χ1v) is 6.85. The van der Waals surface area contributed by atoms with Crippen LogP contribution in [0.2, 0.25) is 0 Å². The van der Waals surface area contributed by atoms with E-state index in [1.54, 1.807) is 11.8 Å². The van der Waals surface area contributed by atoms with Gasteiger partial charge in [0.05, 0.1) is 5.56 Å². The third-order valence-electron chi connectivity index (χ3n) is 3.45. The van der Waals surface area contributed by atoms with Crippen molar-refractivity contribution in [2.75, 3.05) is 6.54 Å². The smallest absolute Gasteiger partial charge is 0.303 e. The van der Waals surface area contributed by atoms with Gasteiger partial charge in [-0.25, -0.2) is 0 Å². The zero-order chi connectivity index (χ0) is 15.4. The number of hydrogen-bond acceptors (Lipinski definition) is 3. The molecule has 0 radical (unpaired) electrons. The Bertz CT molecular complexity index is 502. The number of nitrogens with zero attached hydrogens (tertiary/aromatic N) is 1. The Hall–Kier alpha value is -1.78. The lowest BCUT2D eigenvalue weighted by Crippen LogP contribution is -2.38. The van der Waals surface area contributed by atoms with Gasteiger partial charge in [-0.15, -0.1) is 0 Å². The fraction of sp³-hybridized carbons (Fsp3) is 0.600. The van der Waals surface area contributed by atoms with Crippen LogP contribution >= 0.6 is 0 Å². The number of amides is 1. The Labute approximate surface area is 119 Å². The van der Waals surface area contributed by atoms with Crippen molar-refractivity contribution in [3.05, 3.63) is 22.6 Å². The van der Waals surface area contributed by atoms with Crippen LogP contribution in [0.5, 0.6) is 0 Å². The second-order valence-corrected chi connectivity index (χ2v) is 5.30. The van der Waals surface area contributed by atoms with E-state index in [4.69, 9.17) is 9.52 Å². The van der Waals surface area contributed by atoms with Crippen molar-refractivity contribution in [1.82, 2.24) is 4.90 Å². The summed E-state index contributed by atoms with van der Waals surface area (Å²) in [5.41, 5.74) is 1.46. The van der Waals surface area contributed by atoms with E-state index in [0.717, 1.165) is 11.3 Å². The molecule has 1 heterocycles. The fourth-order valence-corrected chi connectivity index (χ4v) is 2.25. The molecule has 20 heavy (non-hydrogen) atoms. The van der Waals surface area contributed by atoms with Crippen LogP contribution in [0.25, 0.3) is 0 Å². The van der Waals surface area contributed by atoms with Crippen molar-refractivity contribution >= 4 is 11.9 Å². The molecular formula is C15H23NO4. The molecule has 0 unspecified atom stereocenters. The highest BCUT2D eigenvalue weighted by Crippen LogP contribution is 2.23. The molecule has 5 nitrogen and oxygen atoms in total. The number of furan rings is 1. The molecule has 0 atom stereocenters. The van der Waals surface area contributed by atoms with Crippen LogP contribution in [0.4, 0.5) is 0 Å². The summed E-state index contributed by atoms with van der Waals surface area (Å²) in [7, 11) is 0. The maximum atomic E-state index is 12.6. The molecule has 0 saturated carbocycles. The molecule has 0 saturated heterocycles. The highest BCUT2D eigenvalue weighted by Gasteiger charge is 2.25. The van der Waals surface area contributed by atoms with Crippen molar-refractivity contribution in [2.24, 2.45) is 0 Å². The minimum absolute atomic E-state index is 0.0188. The summed E-state index contributed by atoms with van der Waals surface area (Å²) in [6.45, 7) is 9.78. The van der Waals surface area contributed by atoms with Gasteiger partial charge in [-0.05, 0) is 41.0 Å². The molecule has 0 aliphatic rings. The molecule has 0 aromatic carbocycles. The van der Waals surface area contributed by atoms with Crippen LogP contribution in [0.1, 0.15) is 54.1 Å². The van der Waals surface area contributed by atoms with Crippen molar-refractivity contribution in [3.8, 4) is 0 Å². The summed E-state index contributed by atoms with van der Waals surface area (Å²) in [5.74, 6) is 0.443. The zero-order valence-corrected chi connectivity index (χ0v) is 12.8. The number of hydrogen-bond donors (Lipinski definition) is 1. The summed E-state index contributed by atoms with van der Waals surface area (Å²) >= 11 is 0. The van der Waals surface area contributed by atoms with E-state index in [0.29, 0.717) is 24.3 Å². The Morgan fingerprint density at radius 1 is 1.20 bits per heavy atom. The maximum absolute atomic E-state index is 12.6. The number of carboxylic acid groups (broad SMARTS) is 1. The van der Waals surface area contributed by atoms with Crippen molar-refractivity contribution < 1.29 is 19.1 Å². The van der Waals surface area contributed by atoms with Crippen LogP contribution < -0.4 is 0 Å². The fourth-order valence-electron chi connectivity index (χ4n) is 2.25. The summed E-state index contributed by atoms with van der Waals surface area (Å²) in [5, 5.41) is 8.69. The predicted octanol–water partition coefficient (Wildman–Crippen LogP) is 2.92. The van der Waals surface area contributed by atoms with Gasteiger partial charge in [0, 0.05) is 24.6 Å². The molecule has 0 aliphatic heterocycles. The lowest BCUT2D eigenvalue weighted by atomic mass is 10.1. The van der Waals surface area contributed by atoms with Crippen LogP contribution in [0.3, 0.4) is 0 Å². The standard InChI is InChI=1S/C15H23NO4/c1-9(2)16(8-6-7-13(17)18)15(19)14-10(3)11(4)20-12(14)5/h9H,6-8H2,1-5H3,(H,17,18). The summed E-state index contributed by atoms with van der Waals surface area (Å²) in [6, 6.07) is 0.0188. The zero-order valence-electron chi connectivity index (χ0n) is 12.8. The summed E-state index contributed by atoms with van der Waals surface area (Å²) < 4.78 is 5.50. The lowest BCUT2D eigenvalue weighted by molar-refractivity contribution is -0.137. The minimum atomic E-state index is -0.840. The summed E-state index contributed by atoms with van der Waals surface area (Å²) in [6.07, 6.45) is 0.521. The SMILES string of the molecule is Cc1oc(C)c(C(=O)N(CCCC(=O)O)C(C)C)c1C. The van der Waals surface area contributed by atoms with E-state index in [9.17, 15) is 9.59 Å². The number of aliphatic carboxylic acids is 1. The van der Waals surface area contributed by atoms with Gasteiger partial charge in [-0.3, -0.25) is 9.59 Å². The van der Waals surface area contributed by atoms with Gasteiger partial charge in [-0.2, -0.15) is 0 Å². The van der Waals surface area contributed by atoms with Crippen molar-refractivity contribution in [3.63, 3.8) is 0 Å². The van der Waals surface area contributed by atoms with Crippen molar-refractivity contribution in [2.45, 2.75) is 53.5 Å². The van der Waals surface area contributed by atoms with Crippen molar-refractivity contribution in [1.29, 1.82) is 0 Å². The van der Waals surface area contributed by atoms with Gasteiger partial charge in [-0.1, -0.05) is 0 Å². The molecule has 112 valence electrons. The second kappa shape index (κ2) is 6.59. The molecule has 0 aliphatic carbocycles. The van der Waals surface area contributed by atoms with Gasteiger partial charge in [0.15, 0.2) is 0 Å². The number of rotatable bonds is 6. The van der Waals surface area contributed by atoms with E-state index in [-0.39, 0.29) is 18.4 Å². The molecule has 1 N–H and O–H groups in total. The quantitative estimate of drug-likeness (QED) is 0.870. The Morgan fingerprint density at radius 2 is 1.80 bits per heavy atom. The van der Waals surface area contributed by atoms with Crippen LogP contribution in [-0.4, -0.2) is 34.5 Å². The van der Waals surface area contributed by atoms with Gasteiger partial charge >= 0.3 is 5.97 Å². The average molecular weight is 281 g/mol. The molecule has 0 bridgehead atoms. The van der Waals surface area contributed by atoms with Gasteiger partial charge in [0.25, 0.3) is 5.91 Å². The molecule has 1 aromatic heterocycles. The van der Waals surface area contributed by atoms with E-state index in [2.05, 4.69) is 0 Å². The van der Waals surface area contributed by atoms with Gasteiger partial charge in [0.2, 0.25) is 0 Å². The van der Waals surface area contributed by atoms with E-state index >= 15 is 0 Å². The summed E-state index contributed by atoms with van der Waals surface area (Å²) in [4.78, 5) is 24.9. The first-order chi connectivity index (χ1) is 9.25. The lowest BCUT2D eigenvalue weighted by Gasteiger charge is -2.26. The maximum Gasteiger partial charge on any atom is 0.303 e. The molecule has 1 aromatic rings. The molecule has 5 heteroatoms. The molecule has 1 rings (SSSR count). The number of aryl methyl sites for hydroxylation is 2. The normalized spacial score (nSPS) is 10.9. The predicted molar refractivity (Wildman–Crippen MR) is 76.0 cm³/mol. The Balaban J connectivity index is 2.91. The molecule has 0 fully saturated rings. The molecular weight excluding hydrogens is 258 g/mol. The first kappa shape index (κ1) is 16.3. The first-order valence-electron chi connectivity index (χ1n) is 6.85. The van der Waals surface area contributed by atoms with Crippen LogP contribution in [0.15, 0.2) is 4.42 Å². The van der Waals surface area contributed by atoms with E-state index in [1.165, 1.54) is 0 Å². The van der Waals surface area contributed by atoms with E-state index in [1.807, 2.05) is 27.7 Å². The largest absolute Gasteiger partial charge is 0.481 e. The third-order valence-corrected chi connectivity index (χ3v) is 3.45. The number of carbonyl (C=O) groups excluding carboxylic acids is 1. The highest BCUT2D eigenvalue weighted by molar-refractivity contribution is 5.97. The third kappa shape index (κ3) is 3.62. The minimum Gasteiger partial charge on any atom is -0.481 e. The number of carboxylic acids is 1. The molecule has 0 spiro atoms. The van der Waals surface area contributed by atoms with Gasteiger partial charge in [0.1, 0.15) is 11.5 Å². The molecule has 1 amide bonds. The van der Waals surface area contributed by atoms with Crippen LogP contribution in [-0.2, 0) is 4.79 Å². The van der Waals surface area contributed by atoms with Crippen LogP contribution in [0, 0.1) is 20.8 Å². The second-order valence-electron chi connectivity index (χ2n) is 5.30. The monoisotopic (exact) mass is 281 g/mol. The van der Waals surface area contributed by atoms with E-state index < -0.39 is 5.97 Å². The Morgan fingerprint density at radius 3 is 2.20 bits per heavy atom. The van der Waals surface area contributed by atoms with Gasteiger partial charge < -0.3 is 14.4 Å². The average Bonchev–Trinajstić information content (AvgIpc) is 2.57. The number of carbonyl (C=O) groups is 2. The highest BCUT2D eigenvalue weighted by atomic mass is 16.4.